The molecule has 0 unspecified atom stereocenters. The lowest BCUT2D eigenvalue weighted by Gasteiger charge is -2.47. The normalized spacial score (nSPS) is 33.4. The van der Waals surface area contributed by atoms with Crippen molar-refractivity contribution in [3.05, 3.63) is 0 Å². The third kappa shape index (κ3) is 2.90. The van der Waals surface area contributed by atoms with E-state index in [1.165, 1.54) is 0 Å². The predicted octanol–water partition coefficient (Wildman–Crippen LogP) is 1.11. The van der Waals surface area contributed by atoms with Crippen molar-refractivity contribution in [3.63, 3.8) is 0 Å². The molecule has 2 bridgehead atoms. The summed E-state index contributed by atoms with van der Waals surface area (Å²) >= 11 is 0. The third-order valence-corrected chi connectivity index (χ3v) is 3.16. The fraction of sp³-hybridized carbons (Fsp3) is 0.917. The molecule has 0 aromatic heterocycles. The topological polar surface area (TPSA) is 64.8 Å². The molecule has 2 rings (SSSR count). The van der Waals surface area contributed by atoms with Gasteiger partial charge in [0.1, 0.15) is 5.60 Å². The standard InChI is InChI=1S/C12H22N2O3/c1-12(2,3)17-11(15)14-9-4-8(13)5-10(14)7-16-6-9/h8-10H,4-7,13H2,1-3H3/t9-,10-/m0/s1. The van der Waals surface area contributed by atoms with E-state index in [2.05, 4.69) is 0 Å². The number of rotatable bonds is 0. The molecule has 5 nitrogen and oxygen atoms in total. The molecule has 0 aromatic carbocycles. The second-order valence-corrected chi connectivity index (χ2v) is 5.96. The van der Waals surface area contributed by atoms with Gasteiger partial charge >= 0.3 is 6.09 Å². The fourth-order valence-corrected chi connectivity index (χ4v) is 2.57. The van der Waals surface area contributed by atoms with E-state index in [1.807, 2.05) is 25.7 Å². The first-order valence-corrected chi connectivity index (χ1v) is 6.21. The Labute approximate surface area is 102 Å². The van der Waals surface area contributed by atoms with E-state index >= 15 is 0 Å². The summed E-state index contributed by atoms with van der Waals surface area (Å²) in [7, 11) is 0. The van der Waals surface area contributed by atoms with Gasteiger partial charge in [-0.3, -0.25) is 4.90 Å². The number of nitrogens with two attached hydrogens (primary N) is 1. The maximum atomic E-state index is 12.1. The van der Waals surface area contributed by atoms with E-state index in [0.717, 1.165) is 12.8 Å². The highest BCUT2D eigenvalue weighted by atomic mass is 16.6. The lowest BCUT2D eigenvalue weighted by Crippen LogP contribution is -2.62. The number of morpholine rings is 1. The fourth-order valence-electron chi connectivity index (χ4n) is 2.57. The van der Waals surface area contributed by atoms with Gasteiger partial charge in [0.15, 0.2) is 0 Å². The van der Waals surface area contributed by atoms with Gasteiger partial charge in [0.2, 0.25) is 0 Å². The lowest BCUT2D eigenvalue weighted by molar-refractivity contribution is -0.0817. The number of carbonyl (C=O) groups is 1. The van der Waals surface area contributed by atoms with E-state index in [9.17, 15) is 4.79 Å². The molecule has 2 atom stereocenters. The molecular weight excluding hydrogens is 220 g/mol. The Kier molecular flexibility index (Phi) is 3.32. The van der Waals surface area contributed by atoms with Gasteiger partial charge in [-0.2, -0.15) is 0 Å². The first-order valence-electron chi connectivity index (χ1n) is 6.21. The minimum Gasteiger partial charge on any atom is -0.444 e. The van der Waals surface area contributed by atoms with Crippen LogP contribution < -0.4 is 5.73 Å². The molecule has 2 aliphatic heterocycles. The first kappa shape index (κ1) is 12.6. The monoisotopic (exact) mass is 242 g/mol. The summed E-state index contributed by atoms with van der Waals surface area (Å²) in [5.74, 6) is 0. The van der Waals surface area contributed by atoms with Crippen LogP contribution in [0.1, 0.15) is 33.6 Å². The van der Waals surface area contributed by atoms with Crippen LogP contribution in [0.2, 0.25) is 0 Å². The largest absolute Gasteiger partial charge is 0.444 e. The molecule has 2 fully saturated rings. The van der Waals surface area contributed by atoms with Crippen LogP contribution in [0.3, 0.4) is 0 Å². The Balaban J connectivity index is 2.07. The van der Waals surface area contributed by atoms with Gasteiger partial charge in [-0.1, -0.05) is 0 Å². The second-order valence-electron chi connectivity index (χ2n) is 5.96. The van der Waals surface area contributed by atoms with Crippen molar-refractivity contribution in [1.82, 2.24) is 4.90 Å². The van der Waals surface area contributed by atoms with Crippen LogP contribution in [0.4, 0.5) is 4.79 Å². The van der Waals surface area contributed by atoms with Crippen molar-refractivity contribution >= 4 is 6.09 Å². The van der Waals surface area contributed by atoms with E-state index in [1.54, 1.807) is 0 Å². The Morgan fingerprint density at radius 1 is 1.29 bits per heavy atom. The molecule has 0 saturated carbocycles. The van der Waals surface area contributed by atoms with Crippen LogP contribution in [0.15, 0.2) is 0 Å². The van der Waals surface area contributed by atoms with E-state index in [0.29, 0.717) is 13.2 Å². The highest BCUT2D eigenvalue weighted by Crippen LogP contribution is 2.28. The van der Waals surface area contributed by atoms with Crippen molar-refractivity contribution in [2.75, 3.05) is 13.2 Å². The molecule has 17 heavy (non-hydrogen) atoms. The van der Waals surface area contributed by atoms with Gasteiger partial charge in [-0.15, -0.1) is 0 Å². The van der Waals surface area contributed by atoms with Crippen molar-refractivity contribution in [2.24, 2.45) is 5.73 Å². The van der Waals surface area contributed by atoms with Gasteiger partial charge < -0.3 is 15.2 Å². The molecule has 5 heteroatoms. The summed E-state index contributed by atoms with van der Waals surface area (Å²) in [6, 6.07) is 0.326. The van der Waals surface area contributed by atoms with Crippen molar-refractivity contribution in [3.8, 4) is 0 Å². The van der Waals surface area contributed by atoms with Gasteiger partial charge in [-0.05, 0) is 33.6 Å². The summed E-state index contributed by atoms with van der Waals surface area (Å²) in [6.45, 7) is 6.79. The molecule has 98 valence electrons. The summed E-state index contributed by atoms with van der Waals surface area (Å²) < 4.78 is 10.9. The molecular formula is C12H22N2O3. The minimum atomic E-state index is -0.453. The molecule has 2 heterocycles. The first-order chi connectivity index (χ1) is 7.87. The zero-order chi connectivity index (χ0) is 12.6. The zero-order valence-corrected chi connectivity index (χ0v) is 10.8. The van der Waals surface area contributed by atoms with Gasteiger partial charge in [0, 0.05) is 6.04 Å². The van der Waals surface area contributed by atoms with E-state index in [4.69, 9.17) is 15.2 Å². The predicted molar refractivity (Wildman–Crippen MR) is 63.7 cm³/mol. The summed E-state index contributed by atoms with van der Waals surface area (Å²) in [4.78, 5) is 14.0. The second kappa shape index (κ2) is 4.46. The van der Waals surface area contributed by atoms with Gasteiger partial charge in [-0.25, -0.2) is 4.79 Å². The average Bonchev–Trinajstić information content (AvgIpc) is 2.12. The Morgan fingerprint density at radius 2 is 1.82 bits per heavy atom. The number of carbonyl (C=O) groups excluding carboxylic acids is 1. The lowest BCUT2D eigenvalue weighted by atomic mass is 9.91. The Bertz CT molecular complexity index is 287. The molecule has 0 aromatic rings. The van der Waals surface area contributed by atoms with Crippen molar-refractivity contribution in [2.45, 2.75) is 57.3 Å². The summed E-state index contributed by atoms with van der Waals surface area (Å²) in [5, 5.41) is 0. The zero-order valence-electron chi connectivity index (χ0n) is 10.8. The average molecular weight is 242 g/mol. The van der Waals surface area contributed by atoms with Crippen LogP contribution in [0, 0.1) is 0 Å². The third-order valence-electron chi connectivity index (χ3n) is 3.16. The Hall–Kier alpha value is -0.810. The molecule has 1 amide bonds. The number of hydrogen-bond donors (Lipinski definition) is 1. The van der Waals surface area contributed by atoms with Crippen LogP contribution >= 0.6 is 0 Å². The number of hydrogen-bond acceptors (Lipinski definition) is 4. The number of nitrogens with zero attached hydrogens (tertiary/aromatic N) is 1. The molecule has 0 radical (unpaired) electrons. The smallest absolute Gasteiger partial charge is 0.410 e. The molecule has 2 aliphatic rings. The van der Waals surface area contributed by atoms with Crippen molar-refractivity contribution in [1.29, 1.82) is 0 Å². The Morgan fingerprint density at radius 3 is 2.29 bits per heavy atom. The van der Waals surface area contributed by atoms with Crippen LogP contribution in [0.5, 0.6) is 0 Å². The highest BCUT2D eigenvalue weighted by molar-refractivity contribution is 5.69. The van der Waals surface area contributed by atoms with Crippen LogP contribution in [-0.2, 0) is 9.47 Å². The van der Waals surface area contributed by atoms with Crippen molar-refractivity contribution < 1.29 is 14.3 Å². The summed E-state index contributed by atoms with van der Waals surface area (Å²) in [6.07, 6.45) is 1.37. The number of ether oxygens (including phenoxy) is 2. The quantitative estimate of drug-likeness (QED) is 0.691. The molecule has 2 saturated heterocycles. The highest BCUT2D eigenvalue weighted by Gasteiger charge is 2.42. The minimum absolute atomic E-state index is 0.0762. The molecule has 2 N–H and O–H groups in total. The van der Waals surface area contributed by atoms with Gasteiger partial charge in [0.25, 0.3) is 0 Å². The number of fused-ring (bicyclic) bond motifs is 2. The van der Waals surface area contributed by atoms with Gasteiger partial charge in [0.05, 0.1) is 25.3 Å². The number of amides is 1. The maximum absolute atomic E-state index is 12.1. The SMILES string of the molecule is CC(C)(C)OC(=O)N1[C@@H]2COC[C@@H]1CC(N)C2. The molecule has 0 spiro atoms. The van der Waals surface area contributed by atoms with E-state index < -0.39 is 5.60 Å². The van der Waals surface area contributed by atoms with E-state index in [-0.39, 0.29) is 24.2 Å². The van der Waals surface area contributed by atoms with Crippen LogP contribution in [0.25, 0.3) is 0 Å². The molecule has 0 aliphatic carbocycles. The maximum Gasteiger partial charge on any atom is 0.410 e. The summed E-state index contributed by atoms with van der Waals surface area (Å²) in [5.41, 5.74) is 5.53. The number of piperidine rings is 1. The van der Waals surface area contributed by atoms with Crippen LogP contribution in [-0.4, -0.2) is 47.9 Å².